The van der Waals surface area contributed by atoms with E-state index in [0.717, 1.165) is 19.2 Å². The maximum Gasteiger partial charge on any atom is 0.0865 e. The van der Waals surface area contributed by atoms with Crippen LogP contribution >= 0.6 is 15.9 Å². The molecule has 2 fully saturated rings. The van der Waals surface area contributed by atoms with Crippen LogP contribution < -0.4 is 5.32 Å². The fourth-order valence-corrected chi connectivity index (χ4v) is 3.21. The van der Waals surface area contributed by atoms with Crippen LogP contribution in [0.5, 0.6) is 0 Å². The summed E-state index contributed by atoms with van der Waals surface area (Å²) in [6.07, 6.45) is 5.44. The van der Waals surface area contributed by atoms with Gasteiger partial charge in [0, 0.05) is 29.6 Å². The van der Waals surface area contributed by atoms with Gasteiger partial charge < -0.3 is 10.1 Å². The summed E-state index contributed by atoms with van der Waals surface area (Å²) < 4.78 is 7.25. The summed E-state index contributed by atoms with van der Waals surface area (Å²) in [4.78, 5) is 0. The quantitative estimate of drug-likeness (QED) is 0.905. The van der Waals surface area contributed by atoms with Crippen molar-refractivity contribution in [1.82, 2.24) is 5.32 Å². The lowest BCUT2D eigenvalue weighted by Gasteiger charge is -2.32. The van der Waals surface area contributed by atoms with Gasteiger partial charge in [0.1, 0.15) is 0 Å². The van der Waals surface area contributed by atoms with Crippen LogP contribution in [0.2, 0.25) is 0 Å². The fraction of sp³-hybridized carbons (Fsp3) is 0.625. The minimum Gasteiger partial charge on any atom is -0.373 e. The Labute approximate surface area is 124 Å². The molecule has 1 N–H and O–H groups in total. The third-order valence-electron chi connectivity index (χ3n) is 4.22. The molecule has 0 amide bonds. The molecule has 1 heterocycles. The minimum absolute atomic E-state index is 0.261. The monoisotopic (exact) mass is 323 g/mol. The Morgan fingerprint density at radius 3 is 2.89 bits per heavy atom. The molecule has 1 saturated heterocycles. The van der Waals surface area contributed by atoms with Crippen molar-refractivity contribution in [3.63, 3.8) is 0 Å². The van der Waals surface area contributed by atoms with Crippen LogP contribution in [-0.4, -0.2) is 19.2 Å². The average Bonchev–Trinajstić information content (AvgIpc) is 3.24. The first kappa shape index (κ1) is 13.6. The highest BCUT2D eigenvalue weighted by Crippen LogP contribution is 2.35. The van der Waals surface area contributed by atoms with E-state index in [2.05, 4.69) is 46.4 Å². The van der Waals surface area contributed by atoms with E-state index >= 15 is 0 Å². The van der Waals surface area contributed by atoms with Crippen LogP contribution in [0.3, 0.4) is 0 Å². The number of benzene rings is 1. The number of ether oxygens (including phenoxy) is 1. The standard InChI is InChI=1S/C16H22BrNO/c1-11-4-5-12(9-15(11)17)16-13(3-2-8-19-16)10-18-14-6-7-14/h4-5,9,13-14,16,18H,2-3,6-8,10H2,1H3. The van der Waals surface area contributed by atoms with Crippen molar-refractivity contribution < 1.29 is 4.74 Å². The molecule has 2 aliphatic rings. The highest BCUT2D eigenvalue weighted by molar-refractivity contribution is 9.10. The smallest absolute Gasteiger partial charge is 0.0865 e. The summed E-state index contributed by atoms with van der Waals surface area (Å²) in [7, 11) is 0. The Morgan fingerprint density at radius 1 is 1.32 bits per heavy atom. The van der Waals surface area contributed by atoms with Gasteiger partial charge in [-0.05, 0) is 49.8 Å². The van der Waals surface area contributed by atoms with E-state index in [1.807, 2.05) is 0 Å². The predicted molar refractivity (Wildman–Crippen MR) is 81.3 cm³/mol. The Balaban J connectivity index is 1.72. The maximum absolute atomic E-state index is 6.06. The van der Waals surface area contributed by atoms with Crippen LogP contribution in [-0.2, 0) is 4.74 Å². The Morgan fingerprint density at radius 2 is 2.16 bits per heavy atom. The van der Waals surface area contributed by atoms with Crippen molar-refractivity contribution in [2.75, 3.05) is 13.2 Å². The molecule has 0 bridgehead atoms. The van der Waals surface area contributed by atoms with Gasteiger partial charge in [-0.15, -0.1) is 0 Å². The Hall–Kier alpha value is -0.380. The van der Waals surface area contributed by atoms with Crippen molar-refractivity contribution in [3.05, 3.63) is 33.8 Å². The second-order valence-electron chi connectivity index (χ2n) is 5.88. The van der Waals surface area contributed by atoms with E-state index in [1.165, 1.54) is 41.3 Å². The summed E-state index contributed by atoms with van der Waals surface area (Å²) in [5.74, 6) is 0.615. The van der Waals surface area contributed by atoms with Gasteiger partial charge in [-0.25, -0.2) is 0 Å². The summed E-state index contributed by atoms with van der Waals surface area (Å²) in [5.41, 5.74) is 2.60. The first-order valence-corrected chi connectivity index (χ1v) is 8.14. The van der Waals surface area contributed by atoms with Crippen LogP contribution in [0.4, 0.5) is 0 Å². The van der Waals surface area contributed by atoms with E-state index < -0.39 is 0 Å². The molecule has 1 saturated carbocycles. The summed E-state index contributed by atoms with van der Waals surface area (Å²) in [6, 6.07) is 7.42. The first-order valence-electron chi connectivity index (χ1n) is 7.35. The van der Waals surface area contributed by atoms with Gasteiger partial charge in [-0.2, -0.15) is 0 Å². The molecule has 19 heavy (non-hydrogen) atoms. The van der Waals surface area contributed by atoms with Crippen molar-refractivity contribution in [1.29, 1.82) is 0 Å². The van der Waals surface area contributed by atoms with Gasteiger partial charge in [0.15, 0.2) is 0 Å². The third kappa shape index (κ3) is 3.39. The second-order valence-corrected chi connectivity index (χ2v) is 6.74. The van der Waals surface area contributed by atoms with E-state index in [4.69, 9.17) is 4.74 Å². The largest absolute Gasteiger partial charge is 0.373 e. The fourth-order valence-electron chi connectivity index (χ4n) is 2.81. The first-order chi connectivity index (χ1) is 9.24. The van der Waals surface area contributed by atoms with Gasteiger partial charge in [0.05, 0.1) is 6.10 Å². The van der Waals surface area contributed by atoms with Crippen LogP contribution in [0.15, 0.2) is 22.7 Å². The van der Waals surface area contributed by atoms with Gasteiger partial charge in [-0.3, -0.25) is 0 Å². The summed E-state index contributed by atoms with van der Waals surface area (Å²) >= 11 is 3.63. The van der Waals surface area contributed by atoms with Crippen LogP contribution in [0, 0.1) is 12.8 Å². The normalized spacial score (nSPS) is 27.5. The molecule has 0 radical (unpaired) electrons. The molecule has 3 heteroatoms. The molecule has 2 nitrogen and oxygen atoms in total. The molecular weight excluding hydrogens is 302 g/mol. The third-order valence-corrected chi connectivity index (χ3v) is 5.07. The molecule has 1 aromatic carbocycles. The molecule has 0 aromatic heterocycles. The summed E-state index contributed by atoms with van der Waals surface area (Å²) in [5, 5.41) is 3.66. The zero-order valence-electron chi connectivity index (χ0n) is 11.5. The van der Waals surface area contributed by atoms with Gasteiger partial charge in [0.2, 0.25) is 0 Å². The number of nitrogens with one attached hydrogen (secondary N) is 1. The van der Waals surface area contributed by atoms with E-state index in [1.54, 1.807) is 0 Å². The van der Waals surface area contributed by atoms with E-state index in [9.17, 15) is 0 Å². The molecule has 0 spiro atoms. The molecule has 104 valence electrons. The Bertz CT molecular complexity index is 444. The predicted octanol–water partition coefficient (Wildman–Crippen LogP) is 3.98. The maximum atomic E-state index is 6.06. The van der Waals surface area contributed by atoms with Crippen LogP contribution in [0.25, 0.3) is 0 Å². The molecular formula is C16H22BrNO. The molecule has 1 aliphatic heterocycles. The average molecular weight is 324 g/mol. The van der Waals surface area contributed by atoms with Crippen molar-refractivity contribution >= 4 is 15.9 Å². The molecule has 2 atom stereocenters. The topological polar surface area (TPSA) is 21.3 Å². The highest BCUT2D eigenvalue weighted by Gasteiger charge is 2.29. The van der Waals surface area contributed by atoms with E-state index in [0.29, 0.717) is 5.92 Å². The van der Waals surface area contributed by atoms with Crippen LogP contribution in [0.1, 0.15) is 42.9 Å². The molecule has 3 rings (SSSR count). The zero-order valence-corrected chi connectivity index (χ0v) is 13.1. The molecule has 2 unspecified atom stereocenters. The highest BCUT2D eigenvalue weighted by atomic mass is 79.9. The van der Waals surface area contributed by atoms with Gasteiger partial charge >= 0.3 is 0 Å². The molecule has 1 aromatic rings. The van der Waals surface area contributed by atoms with Crippen molar-refractivity contribution in [2.45, 2.75) is 44.8 Å². The van der Waals surface area contributed by atoms with Crippen molar-refractivity contribution in [3.8, 4) is 0 Å². The lowest BCUT2D eigenvalue weighted by molar-refractivity contribution is -0.0279. The lowest BCUT2D eigenvalue weighted by Crippen LogP contribution is -2.32. The summed E-state index contributed by atoms with van der Waals surface area (Å²) in [6.45, 7) is 4.12. The van der Waals surface area contributed by atoms with E-state index in [-0.39, 0.29) is 6.10 Å². The lowest BCUT2D eigenvalue weighted by atomic mass is 9.89. The number of hydrogen-bond donors (Lipinski definition) is 1. The number of aryl methyl sites for hydroxylation is 1. The second kappa shape index (κ2) is 5.94. The Kier molecular flexibility index (Phi) is 4.25. The minimum atomic E-state index is 0.261. The number of halogens is 1. The molecule has 1 aliphatic carbocycles. The number of rotatable bonds is 4. The zero-order chi connectivity index (χ0) is 13.2. The van der Waals surface area contributed by atoms with Crippen molar-refractivity contribution in [2.24, 2.45) is 5.92 Å². The van der Waals surface area contributed by atoms with Gasteiger partial charge in [-0.1, -0.05) is 28.1 Å². The van der Waals surface area contributed by atoms with Gasteiger partial charge in [0.25, 0.3) is 0 Å². The number of hydrogen-bond acceptors (Lipinski definition) is 2. The SMILES string of the molecule is Cc1ccc(C2OCCCC2CNC2CC2)cc1Br.